The number of amides is 2. The highest BCUT2D eigenvalue weighted by molar-refractivity contribution is 5.74. The van der Waals surface area contributed by atoms with Crippen molar-refractivity contribution >= 4 is 6.03 Å². The first kappa shape index (κ1) is 18.8. The van der Waals surface area contributed by atoms with E-state index < -0.39 is 0 Å². The number of methoxy groups -OCH3 is 2. The molecule has 0 spiro atoms. The molecule has 1 N–H and O–H groups in total. The van der Waals surface area contributed by atoms with E-state index >= 15 is 0 Å². The Bertz CT molecular complexity index is 757. The van der Waals surface area contributed by atoms with E-state index in [1.54, 1.807) is 31.4 Å². The molecule has 27 heavy (non-hydrogen) atoms. The fourth-order valence-electron chi connectivity index (χ4n) is 3.02. The van der Waals surface area contributed by atoms with E-state index in [0.717, 1.165) is 18.4 Å². The Morgan fingerprint density at radius 3 is 2.85 bits per heavy atom. The molecule has 0 saturated carbocycles. The van der Waals surface area contributed by atoms with Crippen molar-refractivity contribution in [3.63, 3.8) is 0 Å². The van der Waals surface area contributed by atoms with Crippen LogP contribution in [0.25, 0.3) is 0 Å². The topological polar surface area (TPSA) is 85.8 Å². The summed E-state index contributed by atoms with van der Waals surface area (Å²) < 4.78 is 16.4. The highest BCUT2D eigenvalue weighted by Crippen LogP contribution is 2.27. The van der Waals surface area contributed by atoms with E-state index in [-0.39, 0.29) is 12.1 Å². The first-order valence-corrected chi connectivity index (χ1v) is 8.86. The van der Waals surface area contributed by atoms with Crippen LogP contribution in [0.3, 0.4) is 0 Å². The van der Waals surface area contributed by atoms with Gasteiger partial charge >= 0.3 is 6.03 Å². The van der Waals surface area contributed by atoms with Crippen LogP contribution in [0.15, 0.2) is 36.8 Å². The molecule has 2 amide bonds. The normalized spacial score (nSPS) is 16.5. The van der Waals surface area contributed by atoms with Crippen LogP contribution in [0.5, 0.6) is 17.4 Å². The molecule has 144 valence electrons. The quantitative estimate of drug-likeness (QED) is 0.837. The minimum absolute atomic E-state index is 0.0690. The molecule has 8 nitrogen and oxygen atoms in total. The predicted molar refractivity (Wildman–Crippen MR) is 99.0 cm³/mol. The Kier molecular flexibility index (Phi) is 6.30. The zero-order valence-electron chi connectivity index (χ0n) is 15.6. The van der Waals surface area contributed by atoms with Gasteiger partial charge in [0, 0.05) is 25.4 Å². The van der Waals surface area contributed by atoms with Crippen LogP contribution in [0.4, 0.5) is 4.79 Å². The maximum Gasteiger partial charge on any atom is 0.317 e. The summed E-state index contributed by atoms with van der Waals surface area (Å²) in [6.45, 7) is 1.65. The number of rotatable bonds is 6. The molecule has 8 heteroatoms. The number of piperidine rings is 1. The molecule has 0 radical (unpaired) electrons. The first-order chi connectivity index (χ1) is 13.2. The number of benzene rings is 1. The number of aromatic nitrogens is 2. The van der Waals surface area contributed by atoms with Crippen LogP contribution < -0.4 is 19.5 Å². The standard InChI is InChI=1S/C19H24N4O4/c1-25-16-6-5-14(10-17(16)26-2)11-21-19(24)23-9-3-4-15(12-23)27-18-7-8-20-13-22-18/h5-8,10,13,15H,3-4,9,11-12H2,1-2H3,(H,21,24). The first-order valence-electron chi connectivity index (χ1n) is 8.86. The summed E-state index contributed by atoms with van der Waals surface area (Å²) in [6, 6.07) is 7.19. The number of urea groups is 1. The third-order valence-corrected chi connectivity index (χ3v) is 4.40. The molecule has 1 aliphatic heterocycles. The SMILES string of the molecule is COc1ccc(CNC(=O)N2CCCC(Oc3ccncn3)C2)cc1OC. The smallest absolute Gasteiger partial charge is 0.317 e. The van der Waals surface area contributed by atoms with Crippen molar-refractivity contribution in [3.8, 4) is 17.4 Å². The highest BCUT2D eigenvalue weighted by Gasteiger charge is 2.25. The fraction of sp³-hybridized carbons (Fsp3) is 0.421. The van der Waals surface area contributed by atoms with Gasteiger partial charge in [-0.15, -0.1) is 0 Å². The lowest BCUT2D eigenvalue weighted by Gasteiger charge is -2.32. The van der Waals surface area contributed by atoms with Crippen LogP contribution in [0.2, 0.25) is 0 Å². The van der Waals surface area contributed by atoms with Crippen molar-refractivity contribution in [3.05, 3.63) is 42.4 Å². The molecule has 2 aromatic rings. The van der Waals surface area contributed by atoms with E-state index in [1.807, 2.05) is 18.2 Å². The third-order valence-electron chi connectivity index (χ3n) is 4.40. The molecular formula is C19H24N4O4. The van der Waals surface area contributed by atoms with E-state index in [4.69, 9.17) is 14.2 Å². The predicted octanol–water partition coefficient (Wildman–Crippen LogP) is 2.25. The number of likely N-dealkylation sites (tertiary alicyclic amines) is 1. The number of hydrogen-bond acceptors (Lipinski definition) is 6. The van der Waals surface area contributed by atoms with E-state index in [1.165, 1.54) is 6.33 Å². The van der Waals surface area contributed by atoms with Gasteiger partial charge in [0.15, 0.2) is 11.5 Å². The summed E-state index contributed by atoms with van der Waals surface area (Å²) in [7, 11) is 3.18. The monoisotopic (exact) mass is 372 g/mol. The van der Waals surface area contributed by atoms with Crippen molar-refractivity contribution in [2.75, 3.05) is 27.3 Å². The van der Waals surface area contributed by atoms with Crippen LogP contribution in [-0.4, -0.2) is 54.3 Å². The van der Waals surface area contributed by atoms with Crippen LogP contribution in [0, 0.1) is 0 Å². The minimum Gasteiger partial charge on any atom is -0.493 e. The van der Waals surface area contributed by atoms with E-state index in [9.17, 15) is 4.79 Å². The van der Waals surface area contributed by atoms with Gasteiger partial charge in [0.1, 0.15) is 12.4 Å². The lowest BCUT2D eigenvalue weighted by molar-refractivity contribution is 0.0976. The van der Waals surface area contributed by atoms with Crippen molar-refractivity contribution in [2.45, 2.75) is 25.5 Å². The lowest BCUT2D eigenvalue weighted by Crippen LogP contribution is -2.48. The maximum atomic E-state index is 12.5. The second-order valence-electron chi connectivity index (χ2n) is 6.22. The number of nitrogens with zero attached hydrogens (tertiary/aromatic N) is 3. The number of carbonyl (C=O) groups is 1. The van der Waals surface area contributed by atoms with Crippen LogP contribution in [-0.2, 0) is 6.54 Å². The summed E-state index contributed by atoms with van der Waals surface area (Å²) in [4.78, 5) is 22.2. The lowest BCUT2D eigenvalue weighted by atomic mass is 10.1. The van der Waals surface area contributed by atoms with Gasteiger partial charge in [0.25, 0.3) is 0 Å². The molecule has 1 saturated heterocycles. The maximum absolute atomic E-state index is 12.5. The van der Waals surface area contributed by atoms with Crippen LogP contribution in [0.1, 0.15) is 18.4 Å². The second kappa shape index (κ2) is 9.07. The molecule has 3 rings (SSSR count). The molecule has 1 aromatic carbocycles. The minimum atomic E-state index is -0.110. The van der Waals surface area contributed by atoms with Gasteiger partial charge in [-0.3, -0.25) is 0 Å². The van der Waals surface area contributed by atoms with E-state index in [2.05, 4.69) is 15.3 Å². The zero-order chi connectivity index (χ0) is 19.1. The molecule has 1 unspecified atom stereocenters. The van der Waals surface area contributed by atoms with Crippen molar-refractivity contribution < 1.29 is 19.0 Å². The molecule has 0 aliphatic carbocycles. The Morgan fingerprint density at radius 2 is 2.11 bits per heavy atom. The summed E-state index contributed by atoms with van der Waals surface area (Å²) in [6.07, 6.45) is 4.80. The number of carbonyl (C=O) groups excluding carboxylic acids is 1. The molecule has 2 heterocycles. The summed E-state index contributed by atoms with van der Waals surface area (Å²) in [5.41, 5.74) is 0.937. The molecule has 1 atom stereocenters. The number of nitrogens with one attached hydrogen (secondary N) is 1. The van der Waals surface area contributed by atoms with Gasteiger partial charge in [-0.1, -0.05) is 6.07 Å². The van der Waals surface area contributed by atoms with Gasteiger partial charge in [0.2, 0.25) is 5.88 Å². The van der Waals surface area contributed by atoms with Crippen LogP contribution >= 0.6 is 0 Å². The third kappa shape index (κ3) is 4.99. The molecule has 1 aliphatic rings. The van der Waals surface area contributed by atoms with Gasteiger partial charge in [-0.05, 0) is 30.5 Å². The van der Waals surface area contributed by atoms with Gasteiger partial charge in [-0.2, -0.15) is 0 Å². The Hall–Kier alpha value is -3.03. The van der Waals surface area contributed by atoms with E-state index in [0.29, 0.717) is 37.0 Å². The van der Waals surface area contributed by atoms with Crippen molar-refractivity contribution in [2.24, 2.45) is 0 Å². The van der Waals surface area contributed by atoms with Crippen molar-refractivity contribution in [1.82, 2.24) is 20.2 Å². The van der Waals surface area contributed by atoms with Crippen molar-refractivity contribution in [1.29, 1.82) is 0 Å². The molecule has 1 aromatic heterocycles. The largest absolute Gasteiger partial charge is 0.493 e. The molecule has 0 bridgehead atoms. The number of ether oxygens (including phenoxy) is 3. The summed E-state index contributed by atoms with van der Waals surface area (Å²) >= 11 is 0. The second-order valence-corrected chi connectivity index (χ2v) is 6.22. The molecule has 1 fully saturated rings. The molecular weight excluding hydrogens is 348 g/mol. The average Bonchev–Trinajstić information content (AvgIpc) is 2.72. The fourth-order valence-corrected chi connectivity index (χ4v) is 3.02. The average molecular weight is 372 g/mol. The zero-order valence-corrected chi connectivity index (χ0v) is 15.6. The van der Waals surface area contributed by atoms with Gasteiger partial charge < -0.3 is 24.4 Å². The Balaban J connectivity index is 1.53. The summed E-state index contributed by atoms with van der Waals surface area (Å²) in [5, 5.41) is 2.95. The Labute approximate surface area is 158 Å². The van der Waals surface area contributed by atoms with Gasteiger partial charge in [-0.25, -0.2) is 14.8 Å². The summed E-state index contributed by atoms with van der Waals surface area (Å²) in [5.74, 6) is 1.83. The van der Waals surface area contributed by atoms with Gasteiger partial charge in [0.05, 0.1) is 20.8 Å². The number of hydrogen-bond donors (Lipinski definition) is 1. The highest BCUT2D eigenvalue weighted by atomic mass is 16.5. The Morgan fingerprint density at radius 1 is 1.26 bits per heavy atom.